The van der Waals surface area contributed by atoms with Crippen LogP contribution in [0.25, 0.3) is 0 Å². The summed E-state index contributed by atoms with van der Waals surface area (Å²) in [5.74, 6) is -0.0760. The van der Waals surface area contributed by atoms with Crippen LogP contribution in [-0.4, -0.2) is 24.3 Å². The zero-order chi connectivity index (χ0) is 15.2. The predicted molar refractivity (Wildman–Crippen MR) is 82.9 cm³/mol. The normalized spacial score (nSPS) is 11.7. The molecule has 0 radical (unpaired) electrons. The summed E-state index contributed by atoms with van der Waals surface area (Å²) < 4.78 is 11.7. The first kappa shape index (κ1) is 15.4. The summed E-state index contributed by atoms with van der Waals surface area (Å²) >= 11 is 3.35. The van der Waals surface area contributed by atoms with Crippen LogP contribution in [-0.2, 0) is 11.2 Å². The van der Waals surface area contributed by atoms with Crippen molar-refractivity contribution in [3.8, 4) is 11.5 Å². The maximum Gasteiger partial charge on any atom is 0.345 e. The van der Waals surface area contributed by atoms with Crippen LogP contribution in [0.4, 0.5) is 0 Å². The van der Waals surface area contributed by atoms with Gasteiger partial charge in [0.15, 0.2) is 17.6 Å². The Kier molecular flexibility index (Phi) is 5.22. The van der Waals surface area contributed by atoms with Crippen molar-refractivity contribution >= 4 is 21.9 Å². The number of aliphatic carboxylic acids is 1. The molecule has 0 aliphatic heterocycles. The van der Waals surface area contributed by atoms with Crippen LogP contribution in [0.2, 0.25) is 0 Å². The minimum absolute atomic E-state index is 0.278. The van der Waals surface area contributed by atoms with Gasteiger partial charge in [0.2, 0.25) is 0 Å². The summed E-state index contributed by atoms with van der Waals surface area (Å²) in [4.78, 5) is 11.4. The fraction of sp³-hybridized carbons (Fsp3) is 0.188. The molecule has 0 aromatic heterocycles. The molecule has 0 heterocycles. The largest absolute Gasteiger partial charge is 0.493 e. The Bertz CT molecular complexity index is 610. The minimum Gasteiger partial charge on any atom is -0.493 e. The summed E-state index contributed by atoms with van der Waals surface area (Å²) in [6.07, 6.45) is -0.691. The number of carboxylic acid groups (broad SMARTS) is 1. The summed E-state index contributed by atoms with van der Waals surface area (Å²) in [6, 6.07) is 14.5. The van der Waals surface area contributed by atoms with E-state index in [1.54, 1.807) is 24.3 Å². The van der Waals surface area contributed by atoms with E-state index in [-0.39, 0.29) is 6.42 Å². The molecule has 5 heteroatoms. The van der Waals surface area contributed by atoms with Crippen LogP contribution in [0, 0.1) is 0 Å². The van der Waals surface area contributed by atoms with Crippen LogP contribution in [0.1, 0.15) is 5.56 Å². The highest BCUT2D eigenvalue weighted by Gasteiger charge is 2.21. The lowest BCUT2D eigenvalue weighted by Gasteiger charge is -2.17. The molecule has 0 bridgehead atoms. The van der Waals surface area contributed by atoms with Gasteiger partial charge in [-0.25, -0.2) is 4.79 Å². The number of halogens is 1. The molecule has 1 N–H and O–H groups in total. The van der Waals surface area contributed by atoms with Crippen LogP contribution in [0.15, 0.2) is 53.0 Å². The molecule has 2 aromatic rings. The first-order chi connectivity index (χ1) is 10.1. The van der Waals surface area contributed by atoms with Crippen molar-refractivity contribution in [3.05, 3.63) is 58.6 Å². The van der Waals surface area contributed by atoms with Crippen LogP contribution >= 0.6 is 15.9 Å². The van der Waals surface area contributed by atoms with Gasteiger partial charge in [-0.2, -0.15) is 0 Å². The Morgan fingerprint density at radius 3 is 2.33 bits per heavy atom. The van der Waals surface area contributed by atoms with E-state index in [2.05, 4.69) is 15.9 Å². The second-order valence-corrected chi connectivity index (χ2v) is 5.34. The lowest BCUT2D eigenvalue weighted by molar-refractivity contribution is -0.145. The first-order valence-corrected chi connectivity index (χ1v) is 7.16. The second-order valence-electron chi connectivity index (χ2n) is 4.43. The molecular formula is C16H15BrO4. The number of hydrogen-bond donors (Lipinski definition) is 1. The zero-order valence-corrected chi connectivity index (χ0v) is 13.0. The molecule has 0 saturated heterocycles. The average Bonchev–Trinajstić information content (AvgIpc) is 2.49. The molecule has 0 spiro atoms. The standard InChI is InChI=1S/C16H15BrO4/c1-20-13-4-2-3-5-14(13)21-15(16(18)19)10-11-6-8-12(17)9-7-11/h2-9,15H,10H2,1H3,(H,18,19)/t15-/m0/s1. The molecule has 4 nitrogen and oxygen atoms in total. The summed E-state index contributed by atoms with van der Waals surface area (Å²) in [5.41, 5.74) is 0.889. The van der Waals surface area contributed by atoms with Crippen LogP contribution in [0.3, 0.4) is 0 Å². The lowest BCUT2D eigenvalue weighted by Crippen LogP contribution is -2.29. The fourth-order valence-electron chi connectivity index (χ4n) is 1.88. The molecular weight excluding hydrogens is 336 g/mol. The first-order valence-electron chi connectivity index (χ1n) is 6.37. The highest BCUT2D eigenvalue weighted by molar-refractivity contribution is 9.10. The summed E-state index contributed by atoms with van der Waals surface area (Å²) in [6.45, 7) is 0. The third kappa shape index (κ3) is 4.23. The van der Waals surface area contributed by atoms with Gasteiger partial charge in [0.1, 0.15) is 0 Å². The molecule has 2 aromatic carbocycles. The van der Waals surface area contributed by atoms with Crippen molar-refractivity contribution in [2.75, 3.05) is 7.11 Å². The van der Waals surface area contributed by atoms with E-state index < -0.39 is 12.1 Å². The van der Waals surface area contributed by atoms with Gasteiger partial charge < -0.3 is 14.6 Å². The van der Waals surface area contributed by atoms with Crippen molar-refractivity contribution in [1.29, 1.82) is 0 Å². The molecule has 0 saturated carbocycles. The Hall–Kier alpha value is -2.01. The van der Waals surface area contributed by atoms with E-state index in [9.17, 15) is 9.90 Å². The van der Waals surface area contributed by atoms with Gasteiger partial charge in [0.05, 0.1) is 7.11 Å². The zero-order valence-electron chi connectivity index (χ0n) is 11.5. The SMILES string of the molecule is COc1ccccc1O[C@@H](Cc1ccc(Br)cc1)C(=O)O. The number of hydrogen-bond acceptors (Lipinski definition) is 3. The maximum absolute atomic E-state index is 11.4. The second kappa shape index (κ2) is 7.13. The topological polar surface area (TPSA) is 55.8 Å². The van der Waals surface area contributed by atoms with Crippen molar-refractivity contribution < 1.29 is 19.4 Å². The molecule has 0 aliphatic carbocycles. The van der Waals surface area contributed by atoms with E-state index >= 15 is 0 Å². The Morgan fingerprint density at radius 2 is 1.76 bits per heavy atom. The maximum atomic E-state index is 11.4. The van der Waals surface area contributed by atoms with Gasteiger partial charge in [-0.3, -0.25) is 0 Å². The molecule has 110 valence electrons. The molecule has 0 unspecified atom stereocenters. The number of benzene rings is 2. The quantitative estimate of drug-likeness (QED) is 0.865. The van der Waals surface area contributed by atoms with Crippen LogP contribution in [0.5, 0.6) is 11.5 Å². The number of carbonyl (C=O) groups is 1. The summed E-state index contributed by atoms with van der Waals surface area (Å²) in [5, 5.41) is 9.34. The minimum atomic E-state index is -1.01. The number of para-hydroxylation sites is 2. The van der Waals surface area contributed by atoms with E-state index in [0.29, 0.717) is 11.5 Å². The molecule has 0 fully saturated rings. The summed E-state index contributed by atoms with van der Waals surface area (Å²) in [7, 11) is 1.52. The van der Waals surface area contributed by atoms with Crippen molar-refractivity contribution in [2.45, 2.75) is 12.5 Å². The monoisotopic (exact) mass is 350 g/mol. The Balaban J connectivity index is 2.16. The van der Waals surface area contributed by atoms with Gasteiger partial charge in [-0.15, -0.1) is 0 Å². The molecule has 0 amide bonds. The van der Waals surface area contributed by atoms with Gasteiger partial charge in [-0.05, 0) is 29.8 Å². The Labute approximate surface area is 131 Å². The Morgan fingerprint density at radius 1 is 1.14 bits per heavy atom. The molecule has 0 aliphatic rings. The predicted octanol–water partition coefficient (Wildman–Crippen LogP) is 3.53. The number of ether oxygens (including phenoxy) is 2. The van der Waals surface area contributed by atoms with Crippen molar-refractivity contribution in [3.63, 3.8) is 0 Å². The number of carboxylic acids is 1. The highest BCUT2D eigenvalue weighted by atomic mass is 79.9. The average molecular weight is 351 g/mol. The number of rotatable bonds is 6. The van der Waals surface area contributed by atoms with Crippen LogP contribution < -0.4 is 9.47 Å². The number of methoxy groups -OCH3 is 1. The van der Waals surface area contributed by atoms with E-state index in [4.69, 9.17) is 9.47 Å². The lowest BCUT2D eigenvalue weighted by atomic mass is 10.1. The third-order valence-electron chi connectivity index (χ3n) is 2.95. The fourth-order valence-corrected chi connectivity index (χ4v) is 2.15. The molecule has 2 rings (SSSR count). The van der Waals surface area contributed by atoms with E-state index in [1.807, 2.05) is 24.3 Å². The van der Waals surface area contributed by atoms with Gasteiger partial charge in [0.25, 0.3) is 0 Å². The van der Waals surface area contributed by atoms with E-state index in [0.717, 1.165) is 10.0 Å². The van der Waals surface area contributed by atoms with Crippen molar-refractivity contribution in [2.24, 2.45) is 0 Å². The highest BCUT2D eigenvalue weighted by Crippen LogP contribution is 2.27. The van der Waals surface area contributed by atoms with Gasteiger partial charge in [0, 0.05) is 10.9 Å². The van der Waals surface area contributed by atoms with Gasteiger partial charge in [-0.1, -0.05) is 40.2 Å². The molecule has 21 heavy (non-hydrogen) atoms. The van der Waals surface area contributed by atoms with Gasteiger partial charge >= 0.3 is 5.97 Å². The molecule has 1 atom stereocenters. The van der Waals surface area contributed by atoms with Crippen molar-refractivity contribution in [1.82, 2.24) is 0 Å². The van der Waals surface area contributed by atoms with E-state index in [1.165, 1.54) is 7.11 Å². The smallest absolute Gasteiger partial charge is 0.345 e. The third-order valence-corrected chi connectivity index (χ3v) is 3.48.